The Kier molecular flexibility index (Phi) is 5.37. The summed E-state index contributed by atoms with van der Waals surface area (Å²) < 4.78 is 17.6. The Labute approximate surface area is 178 Å². The molecule has 31 heavy (non-hydrogen) atoms. The van der Waals surface area contributed by atoms with Gasteiger partial charge in [0.25, 0.3) is 11.5 Å². The van der Waals surface area contributed by atoms with Crippen molar-refractivity contribution in [3.05, 3.63) is 88.1 Å². The summed E-state index contributed by atoms with van der Waals surface area (Å²) in [4.78, 5) is 29.6. The van der Waals surface area contributed by atoms with Gasteiger partial charge in [0.2, 0.25) is 0 Å². The van der Waals surface area contributed by atoms with E-state index in [1.54, 1.807) is 60.3 Å². The number of aromatic nitrogens is 4. The fourth-order valence-corrected chi connectivity index (χ4v) is 3.48. The smallest absolute Gasteiger partial charge is 0.274 e. The van der Waals surface area contributed by atoms with E-state index in [4.69, 9.17) is 0 Å². The fraction of sp³-hybridized carbons (Fsp3) is 0.217. The van der Waals surface area contributed by atoms with Crippen LogP contribution in [0.25, 0.3) is 16.5 Å². The molecule has 158 valence electrons. The molecule has 2 heterocycles. The number of hydrogen-bond acceptors (Lipinski definition) is 4. The molecule has 0 aliphatic carbocycles. The van der Waals surface area contributed by atoms with Crippen LogP contribution in [0.2, 0.25) is 0 Å². The molecule has 4 aromatic rings. The Morgan fingerprint density at radius 1 is 1.16 bits per heavy atom. The van der Waals surface area contributed by atoms with E-state index in [0.29, 0.717) is 27.8 Å². The van der Waals surface area contributed by atoms with Gasteiger partial charge in [0.05, 0.1) is 17.1 Å². The molecule has 2 aromatic carbocycles. The number of hydrogen-bond donors (Lipinski definition) is 1. The molecule has 0 unspecified atom stereocenters. The number of carbonyl (C=O) groups is 1. The zero-order valence-electron chi connectivity index (χ0n) is 17.5. The van der Waals surface area contributed by atoms with Crippen LogP contribution < -0.4 is 10.9 Å². The molecule has 0 radical (unpaired) electrons. The van der Waals surface area contributed by atoms with Crippen molar-refractivity contribution in [3.63, 3.8) is 0 Å². The molecule has 0 spiro atoms. The number of carbonyl (C=O) groups excluding carboxylic acids is 1. The highest BCUT2D eigenvalue weighted by Crippen LogP contribution is 2.18. The molecule has 8 heteroatoms. The highest BCUT2D eigenvalue weighted by Gasteiger charge is 2.18. The van der Waals surface area contributed by atoms with E-state index >= 15 is 0 Å². The lowest BCUT2D eigenvalue weighted by Crippen LogP contribution is -2.31. The summed E-state index contributed by atoms with van der Waals surface area (Å²) in [6.07, 6.45) is 3.30. The summed E-state index contributed by atoms with van der Waals surface area (Å²) in [6, 6.07) is 11.5. The van der Waals surface area contributed by atoms with E-state index in [0.717, 1.165) is 0 Å². The molecule has 2 aromatic heterocycles. The number of fused-ring (bicyclic) bond motifs is 1. The number of amides is 1. The van der Waals surface area contributed by atoms with Crippen molar-refractivity contribution in [1.82, 2.24) is 24.6 Å². The molecule has 0 atom stereocenters. The van der Waals surface area contributed by atoms with Crippen LogP contribution in [0.15, 0.2) is 59.7 Å². The summed E-state index contributed by atoms with van der Waals surface area (Å²) in [5, 5.41) is 8.00. The topological polar surface area (TPSA) is 81.8 Å². The lowest BCUT2D eigenvalue weighted by atomic mass is 10.1. The highest BCUT2D eigenvalue weighted by molar-refractivity contribution is 6.04. The van der Waals surface area contributed by atoms with Crippen molar-refractivity contribution in [2.45, 2.75) is 33.4 Å². The minimum Gasteiger partial charge on any atom is -0.347 e. The van der Waals surface area contributed by atoms with E-state index in [2.05, 4.69) is 15.4 Å². The second-order valence-electron chi connectivity index (χ2n) is 7.55. The molecule has 1 amide bonds. The first-order chi connectivity index (χ1) is 14.9. The first kappa shape index (κ1) is 20.5. The van der Waals surface area contributed by atoms with Crippen LogP contribution in [-0.2, 0) is 6.54 Å². The van der Waals surface area contributed by atoms with E-state index < -0.39 is 11.7 Å². The van der Waals surface area contributed by atoms with E-state index in [1.807, 2.05) is 13.8 Å². The summed E-state index contributed by atoms with van der Waals surface area (Å²) in [6.45, 7) is 5.57. The van der Waals surface area contributed by atoms with Gasteiger partial charge in [-0.3, -0.25) is 9.59 Å². The molecule has 0 saturated heterocycles. The first-order valence-corrected chi connectivity index (χ1v) is 9.95. The maximum absolute atomic E-state index is 14.6. The molecular weight excluding hydrogens is 397 g/mol. The Hall–Kier alpha value is -3.81. The number of halogens is 1. The number of rotatable bonds is 5. The molecule has 0 aliphatic rings. The molecule has 1 N–H and O–H groups in total. The van der Waals surface area contributed by atoms with Gasteiger partial charge in [0.15, 0.2) is 5.69 Å². The van der Waals surface area contributed by atoms with Gasteiger partial charge in [-0.25, -0.2) is 14.1 Å². The van der Waals surface area contributed by atoms with Gasteiger partial charge in [-0.05, 0) is 44.5 Å². The molecule has 4 rings (SSSR count). The molecule has 7 nitrogen and oxygen atoms in total. The number of aryl methyl sites for hydroxylation is 1. The van der Waals surface area contributed by atoms with Gasteiger partial charge in [-0.15, -0.1) is 0 Å². The van der Waals surface area contributed by atoms with Crippen molar-refractivity contribution in [3.8, 4) is 5.69 Å². The third-order valence-electron chi connectivity index (χ3n) is 5.08. The Bertz CT molecular complexity index is 1340. The average Bonchev–Trinajstić information content (AvgIpc) is 3.18. The predicted octanol–water partition coefficient (Wildman–Crippen LogP) is 3.54. The van der Waals surface area contributed by atoms with Crippen molar-refractivity contribution in [1.29, 1.82) is 0 Å². The van der Waals surface area contributed by atoms with Gasteiger partial charge in [0, 0.05) is 24.3 Å². The Morgan fingerprint density at radius 2 is 1.90 bits per heavy atom. The predicted molar refractivity (Wildman–Crippen MR) is 116 cm³/mol. The number of benzene rings is 2. The van der Waals surface area contributed by atoms with E-state index in [9.17, 15) is 14.0 Å². The van der Waals surface area contributed by atoms with Gasteiger partial charge in [-0.2, -0.15) is 5.10 Å². The molecule has 0 aliphatic heterocycles. The second-order valence-corrected chi connectivity index (χ2v) is 7.55. The lowest BCUT2D eigenvalue weighted by molar-refractivity contribution is 0.0945. The van der Waals surface area contributed by atoms with Crippen LogP contribution in [0.1, 0.15) is 41.8 Å². The third-order valence-corrected chi connectivity index (χ3v) is 5.08. The van der Waals surface area contributed by atoms with E-state index in [-0.39, 0.29) is 23.8 Å². The largest absolute Gasteiger partial charge is 0.347 e. The average molecular weight is 419 g/mol. The second kappa shape index (κ2) is 8.14. The Balaban J connectivity index is 1.60. The minimum absolute atomic E-state index is 0.121. The number of nitrogens with zero attached hydrogens (tertiary/aromatic N) is 4. The maximum atomic E-state index is 14.6. The zero-order valence-corrected chi connectivity index (χ0v) is 17.5. The van der Waals surface area contributed by atoms with Gasteiger partial charge in [-0.1, -0.05) is 24.3 Å². The minimum atomic E-state index is -0.430. The van der Waals surface area contributed by atoms with Crippen molar-refractivity contribution >= 4 is 16.7 Å². The summed E-state index contributed by atoms with van der Waals surface area (Å²) in [5.41, 5.74) is 0.917. The zero-order chi connectivity index (χ0) is 22.1. The van der Waals surface area contributed by atoms with Gasteiger partial charge < -0.3 is 9.88 Å². The number of imidazole rings is 1. The summed E-state index contributed by atoms with van der Waals surface area (Å²) >= 11 is 0. The molecule has 0 fully saturated rings. The third kappa shape index (κ3) is 3.84. The monoisotopic (exact) mass is 419 g/mol. The van der Waals surface area contributed by atoms with Crippen LogP contribution in [-0.4, -0.2) is 25.2 Å². The summed E-state index contributed by atoms with van der Waals surface area (Å²) in [7, 11) is 0. The number of nitrogens with one attached hydrogen (secondary N) is 1. The van der Waals surface area contributed by atoms with Gasteiger partial charge >= 0.3 is 0 Å². The normalized spacial score (nSPS) is 11.3. The van der Waals surface area contributed by atoms with Crippen LogP contribution in [0.5, 0.6) is 0 Å². The van der Waals surface area contributed by atoms with Crippen molar-refractivity contribution in [2.24, 2.45) is 0 Å². The van der Waals surface area contributed by atoms with Gasteiger partial charge in [0.1, 0.15) is 11.6 Å². The highest BCUT2D eigenvalue weighted by atomic mass is 19.1. The molecule has 0 bridgehead atoms. The SMILES string of the molecule is Cc1nccn1-c1ccc(CNC(=O)c2nn(C(C)C)c(=O)c3ccccc23)cc1F. The quantitative estimate of drug-likeness (QED) is 0.536. The standard InChI is InChI=1S/C23H22FN5O2/c1-14(2)29-23(31)18-7-5-4-6-17(18)21(27-29)22(30)26-13-16-8-9-20(19(24)12-16)28-11-10-25-15(28)3/h4-12,14H,13H2,1-3H3,(H,26,30). The molecule has 0 saturated carbocycles. The van der Waals surface area contributed by atoms with Crippen molar-refractivity contribution in [2.75, 3.05) is 0 Å². The summed E-state index contributed by atoms with van der Waals surface area (Å²) in [5.74, 6) is -0.163. The fourth-order valence-electron chi connectivity index (χ4n) is 3.48. The van der Waals surface area contributed by atoms with Crippen LogP contribution >= 0.6 is 0 Å². The maximum Gasteiger partial charge on any atom is 0.274 e. The van der Waals surface area contributed by atoms with E-state index in [1.165, 1.54) is 10.7 Å². The van der Waals surface area contributed by atoms with Crippen LogP contribution in [0.4, 0.5) is 4.39 Å². The lowest BCUT2D eigenvalue weighted by Gasteiger charge is -2.14. The van der Waals surface area contributed by atoms with Crippen molar-refractivity contribution < 1.29 is 9.18 Å². The Morgan fingerprint density at radius 3 is 2.55 bits per heavy atom. The first-order valence-electron chi connectivity index (χ1n) is 9.95. The van der Waals surface area contributed by atoms with Crippen LogP contribution in [0.3, 0.4) is 0 Å². The van der Waals surface area contributed by atoms with Crippen LogP contribution in [0, 0.1) is 12.7 Å². The molecular formula is C23H22FN5O2.